The predicted octanol–water partition coefficient (Wildman–Crippen LogP) is 3.63. The van der Waals surface area contributed by atoms with Crippen molar-refractivity contribution in [3.63, 3.8) is 0 Å². The molecule has 0 aliphatic rings. The summed E-state index contributed by atoms with van der Waals surface area (Å²) >= 11 is 0. The third-order valence-electron chi connectivity index (χ3n) is 3.87. The van der Waals surface area contributed by atoms with E-state index in [1.807, 2.05) is 39.0 Å². The Kier molecular flexibility index (Phi) is 6.22. The largest absolute Gasteiger partial charge is 0.505 e. The lowest BCUT2D eigenvalue weighted by Crippen LogP contribution is -2.21. The summed E-state index contributed by atoms with van der Waals surface area (Å²) in [6, 6.07) is 10.3. The van der Waals surface area contributed by atoms with Crippen LogP contribution in [0.4, 0.5) is 5.69 Å². The number of carbonyl (C=O) groups is 2. The van der Waals surface area contributed by atoms with Crippen LogP contribution < -0.4 is 10.1 Å². The van der Waals surface area contributed by atoms with Crippen molar-refractivity contribution in [3.05, 3.63) is 53.1 Å². The molecule has 2 aromatic carbocycles. The highest BCUT2D eigenvalue weighted by molar-refractivity contribution is 5.98. The van der Waals surface area contributed by atoms with E-state index in [9.17, 15) is 14.7 Å². The number of aryl methyl sites for hydroxylation is 1. The number of methoxy groups -OCH3 is 1. The number of aromatic hydroxyl groups is 1. The zero-order valence-electron chi connectivity index (χ0n) is 15.3. The van der Waals surface area contributed by atoms with Crippen molar-refractivity contribution in [1.29, 1.82) is 0 Å². The number of rotatable bonds is 6. The lowest BCUT2D eigenvalue weighted by atomic mass is 10.0. The van der Waals surface area contributed by atoms with Gasteiger partial charge in [0.05, 0.1) is 12.8 Å². The molecule has 138 valence electrons. The number of carbonyl (C=O) groups excluding carboxylic acids is 2. The second-order valence-corrected chi connectivity index (χ2v) is 6.23. The first-order chi connectivity index (χ1) is 12.3. The summed E-state index contributed by atoms with van der Waals surface area (Å²) < 4.78 is 10.3. The van der Waals surface area contributed by atoms with Crippen molar-refractivity contribution >= 4 is 17.6 Å². The highest BCUT2D eigenvalue weighted by Crippen LogP contribution is 2.29. The van der Waals surface area contributed by atoms with Gasteiger partial charge in [-0.25, -0.2) is 4.79 Å². The van der Waals surface area contributed by atoms with Gasteiger partial charge < -0.3 is 19.9 Å². The van der Waals surface area contributed by atoms with E-state index in [2.05, 4.69) is 10.1 Å². The van der Waals surface area contributed by atoms with E-state index in [0.29, 0.717) is 5.75 Å². The molecule has 0 saturated carbocycles. The minimum atomic E-state index is -0.684. The molecular formula is C20H23NO5. The lowest BCUT2D eigenvalue weighted by molar-refractivity contribution is -0.118. The molecule has 0 aliphatic heterocycles. The van der Waals surface area contributed by atoms with Crippen LogP contribution >= 0.6 is 0 Å². The number of benzene rings is 2. The average Bonchev–Trinajstić information content (AvgIpc) is 2.61. The zero-order chi connectivity index (χ0) is 19.3. The van der Waals surface area contributed by atoms with E-state index in [4.69, 9.17) is 4.74 Å². The maximum absolute atomic E-state index is 12.2. The van der Waals surface area contributed by atoms with Crippen molar-refractivity contribution in [2.75, 3.05) is 19.0 Å². The van der Waals surface area contributed by atoms with E-state index < -0.39 is 11.9 Å². The molecule has 0 saturated heterocycles. The van der Waals surface area contributed by atoms with Gasteiger partial charge in [-0.1, -0.05) is 32.0 Å². The van der Waals surface area contributed by atoms with Gasteiger partial charge in [0.15, 0.2) is 12.4 Å². The topological polar surface area (TPSA) is 84.9 Å². The molecule has 0 radical (unpaired) electrons. The van der Waals surface area contributed by atoms with Crippen LogP contribution in [-0.4, -0.2) is 30.7 Å². The van der Waals surface area contributed by atoms with E-state index >= 15 is 0 Å². The number of phenolic OH excluding ortho intramolecular Hbond substituents is 1. The Morgan fingerprint density at radius 3 is 2.58 bits per heavy atom. The second-order valence-electron chi connectivity index (χ2n) is 6.23. The fraction of sp³-hybridized carbons (Fsp3) is 0.300. The molecule has 0 aliphatic carbocycles. The van der Waals surface area contributed by atoms with Crippen molar-refractivity contribution < 1.29 is 24.2 Å². The molecule has 2 N–H and O–H groups in total. The molecule has 2 aromatic rings. The normalized spacial score (nSPS) is 10.5. The molecular weight excluding hydrogens is 334 g/mol. The van der Waals surface area contributed by atoms with Crippen molar-refractivity contribution in [2.45, 2.75) is 26.7 Å². The van der Waals surface area contributed by atoms with Gasteiger partial charge in [-0.2, -0.15) is 0 Å². The Labute approximate surface area is 152 Å². The highest BCUT2D eigenvalue weighted by Gasteiger charge is 2.16. The molecule has 6 nitrogen and oxygen atoms in total. The molecule has 1 amide bonds. The third kappa shape index (κ3) is 4.53. The summed E-state index contributed by atoms with van der Waals surface area (Å²) in [5, 5.41) is 12.7. The summed E-state index contributed by atoms with van der Waals surface area (Å²) in [5.74, 6) is -0.557. The van der Waals surface area contributed by atoms with E-state index in [1.165, 1.54) is 19.2 Å². The zero-order valence-corrected chi connectivity index (χ0v) is 15.3. The van der Waals surface area contributed by atoms with Crippen LogP contribution in [0.25, 0.3) is 0 Å². The molecule has 0 atom stereocenters. The van der Waals surface area contributed by atoms with Crippen LogP contribution in [0.2, 0.25) is 0 Å². The van der Waals surface area contributed by atoms with Crippen LogP contribution in [0.5, 0.6) is 11.5 Å². The fourth-order valence-electron chi connectivity index (χ4n) is 2.49. The average molecular weight is 357 g/mol. The van der Waals surface area contributed by atoms with Gasteiger partial charge in [-0.05, 0) is 42.2 Å². The number of hydrogen-bond acceptors (Lipinski definition) is 5. The van der Waals surface area contributed by atoms with Crippen LogP contribution in [0.1, 0.15) is 41.3 Å². The standard InChI is InChI=1S/C20H23NO5/c1-12(2)14-9-8-13(3)10-17(14)26-11-18(22)21-16-7-5-6-15(19(16)23)20(24)25-4/h5-10,12,23H,11H2,1-4H3,(H,21,22). The monoisotopic (exact) mass is 357 g/mol. The molecule has 0 fully saturated rings. The Bertz CT molecular complexity index is 814. The number of phenols is 1. The van der Waals surface area contributed by atoms with Gasteiger partial charge in [-0.15, -0.1) is 0 Å². The molecule has 0 unspecified atom stereocenters. The quantitative estimate of drug-likeness (QED) is 0.609. The summed E-state index contributed by atoms with van der Waals surface area (Å²) in [4.78, 5) is 23.8. The number of anilines is 1. The van der Waals surface area contributed by atoms with Crippen molar-refractivity contribution in [3.8, 4) is 11.5 Å². The van der Waals surface area contributed by atoms with Crippen LogP contribution in [0, 0.1) is 6.92 Å². The maximum atomic E-state index is 12.2. The van der Waals surface area contributed by atoms with Gasteiger partial charge in [0, 0.05) is 0 Å². The van der Waals surface area contributed by atoms with Gasteiger partial charge >= 0.3 is 5.97 Å². The number of amides is 1. The number of para-hydroxylation sites is 1. The van der Waals surface area contributed by atoms with E-state index in [-0.39, 0.29) is 29.5 Å². The number of ether oxygens (including phenoxy) is 2. The lowest BCUT2D eigenvalue weighted by Gasteiger charge is -2.15. The summed E-state index contributed by atoms with van der Waals surface area (Å²) in [7, 11) is 1.22. The molecule has 26 heavy (non-hydrogen) atoms. The first-order valence-corrected chi connectivity index (χ1v) is 8.27. The molecule has 2 rings (SSSR count). The predicted molar refractivity (Wildman–Crippen MR) is 98.8 cm³/mol. The third-order valence-corrected chi connectivity index (χ3v) is 3.87. The maximum Gasteiger partial charge on any atom is 0.341 e. The smallest absolute Gasteiger partial charge is 0.341 e. The SMILES string of the molecule is COC(=O)c1cccc(NC(=O)COc2cc(C)ccc2C(C)C)c1O. The minimum absolute atomic E-state index is 0.0213. The van der Waals surface area contributed by atoms with E-state index in [0.717, 1.165) is 11.1 Å². The van der Waals surface area contributed by atoms with Gasteiger partial charge in [0.25, 0.3) is 5.91 Å². The van der Waals surface area contributed by atoms with Gasteiger partial charge in [-0.3, -0.25) is 4.79 Å². The highest BCUT2D eigenvalue weighted by atomic mass is 16.5. The number of esters is 1. The summed E-state index contributed by atoms with van der Waals surface area (Å²) in [5.41, 5.74) is 2.15. The van der Waals surface area contributed by atoms with Crippen LogP contribution in [-0.2, 0) is 9.53 Å². The summed E-state index contributed by atoms with van der Waals surface area (Å²) in [6.45, 7) is 5.83. The Hall–Kier alpha value is -3.02. The first kappa shape index (κ1) is 19.3. The Morgan fingerprint density at radius 2 is 1.92 bits per heavy atom. The molecule has 0 heterocycles. The summed E-state index contributed by atoms with van der Waals surface area (Å²) in [6.07, 6.45) is 0. The Morgan fingerprint density at radius 1 is 1.19 bits per heavy atom. The minimum Gasteiger partial charge on any atom is -0.505 e. The number of nitrogens with one attached hydrogen (secondary N) is 1. The van der Waals surface area contributed by atoms with Gasteiger partial charge in [0.1, 0.15) is 11.3 Å². The number of hydrogen-bond donors (Lipinski definition) is 2. The van der Waals surface area contributed by atoms with Crippen molar-refractivity contribution in [1.82, 2.24) is 0 Å². The van der Waals surface area contributed by atoms with Crippen LogP contribution in [0.3, 0.4) is 0 Å². The Balaban J connectivity index is 2.09. The molecule has 0 spiro atoms. The van der Waals surface area contributed by atoms with Crippen molar-refractivity contribution in [2.24, 2.45) is 0 Å². The fourth-order valence-corrected chi connectivity index (χ4v) is 2.49. The van der Waals surface area contributed by atoms with E-state index in [1.54, 1.807) is 6.07 Å². The molecule has 6 heteroatoms. The van der Waals surface area contributed by atoms with Crippen LogP contribution in [0.15, 0.2) is 36.4 Å². The second kappa shape index (κ2) is 8.38. The first-order valence-electron chi connectivity index (χ1n) is 8.27. The molecule has 0 bridgehead atoms. The van der Waals surface area contributed by atoms with Gasteiger partial charge in [0.2, 0.25) is 0 Å². The molecule has 0 aromatic heterocycles.